The Kier molecular flexibility index (Phi) is 2.99. The molecule has 0 amide bonds. The van der Waals surface area contributed by atoms with Crippen molar-refractivity contribution in [1.82, 2.24) is 9.97 Å². The molecule has 16 heavy (non-hydrogen) atoms. The summed E-state index contributed by atoms with van der Waals surface area (Å²) in [6.07, 6.45) is 5.27. The molecule has 1 fully saturated rings. The number of rotatable bonds is 4. The molecule has 0 spiro atoms. The summed E-state index contributed by atoms with van der Waals surface area (Å²) in [6.45, 7) is 6.82. The lowest BCUT2D eigenvalue weighted by Crippen LogP contribution is -2.42. The van der Waals surface area contributed by atoms with E-state index in [-0.39, 0.29) is 5.54 Å². The Morgan fingerprint density at radius 2 is 2.19 bits per heavy atom. The third-order valence-electron chi connectivity index (χ3n) is 3.20. The number of hydrogen-bond donors (Lipinski definition) is 1. The molecule has 0 unspecified atom stereocenters. The summed E-state index contributed by atoms with van der Waals surface area (Å²) in [5.41, 5.74) is 1.21. The third-order valence-corrected chi connectivity index (χ3v) is 3.20. The molecule has 1 N–H and O–H groups in total. The first-order chi connectivity index (χ1) is 7.64. The van der Waals surface area contributed by atoms with Gasteiger partial charge in [-0.1, -0.05) is 0 Å². The van der Waals surface area contributed by atoms with Crippen LogP contribution >= 0.6 is 0 Å². The monoisotopic (exact) mass is 221 g/mol. The molecule has 0 saturated heterocycles. The zero-order valence-corrected chi connectivity index (χ0v) is 10.2. The van der Waals surface area contributed by atoms with Crippen molar-refractivity contribution in [2.75, 3.05) is 11.9 Å². The van der Waals surface area contributed by atoms with Crippen LogP contribution in [0.1, 0.15) is 38.7 Å². The van der Waals surface area contributed by atoms with Gasteiger partial charge in [-0.15, -0.1) is 0 Å². The van der Waals surface area contributed by atoms with Gasteiger partial charge in [0.05, 0.1) is 12.2 Å². The van der Waals surface area contributed by atoms with Crippen LogP contribution in [0, 0.1) is 6.92 Å². The zero-order chi connectivity index (χ0) is 11.6. The molecule has 88 valence electrons. The van der Waals surface area contributed by atoms with E-state index < -0.39 is 0 Å². The van der Waals surface area contributed by atoms with Gasteiger partial charge in [0, 0.05) is 5.54 Å². The largest absolute Gasteiger partial charge is 0.478 e. The summed E-state index contributed by atoms with van der Waals surface area (Å²) in [7, 11) is 0. The van der Waals surface area contributed by atoms with Crippen molar-refractivity contribution in [2.45, 2.75) is 45.6 Å². The van der Waals surface area contributed by atoms with Gasteiger partial charge in [0.25, 0.3) is 0 Å². The van der Waals surface area contributed by atoms with Crippen molar-refractivity contribution < 1.29 is 4.74 Å². The molecule has 1 heterocycles. The van der Waals surface area contributed by atoms with Crippen molar-refractivity contribution >= 4 is 5.82 Å². The van der Waals surface area contributed by atoms with Crippen LogP contribution < -0.4 is 10.1 Å². The minimum absolute atomic E-state index is 0.211. The summed E-state index contributed by atoms with van der Waals surface area (Å²) < 4.78 is 5.45. The molecule has 0 aromatic carbocycles. The lowest BCUT2D eigenvalue weighted by Gasteiger charge is -2.39. The maximum Gasteiger partial charge on any atom is 0.221 e. The second kappa shape index (κ2) is 4.28. The van der Waals surface area contributed by atoms with Gasteiger partial charge < -0.3 is 10.1 Å². The lowest BCUT2D eigenvalue weighted by molar-refractivity contribution is 0.303. The normalized spacial score (nSPS) is 17.7. The fraction of sp³-hybridized carbons (Fsp3) is 0.667. The second-order valence-corrected chi connectivity index (χ2v) is 4.62. The summed E-state index contributed by atoms with van der Waals surface area (Å²) in [4.78, 5) is 8.42. The smallest absolute Gasteiger partial charge is 0.221 e. The average Bonchev–Trinajstić information content (AvgIpc) is 2.22. The van der Waals surface area contributed by atoms with Gasteiger partial charge >= 0.3 is 0 Å². The molecule has 1 aromatic rings. The number of hydrogen-bond acceptors (Lipinski definition) is 4. The van der Waals surface area contributed by atoms with Crippen molar-refractivity contribution in [3.63, 3.8) is 0 Å². The van der Waals surface area contributed by atoms with E-state index in [9.17, 15) is 0 Å². The van der Waals surface area contributed by atoms with E-state index in [0.29, 0.717) is 12.5 Å². The van der Waals surface area contributed by atoms with Crippen molar-refractivity contribution in [2.24, 2.45) is 0 Å². The summed E-state index contributed by atoms with van der Waals surface area (Å²) in [5.74, 6) is 1.59. The molecule has 0 atom stereocenters. The average molecular weight is 221 g/mol. The van der Waals surface area contributed by atoms with Crippen LogP contribution in [0.2, 0.25) is 0 Å². The van der Waals surface area contributed by atoms with E-state index in [0.717, 1.165) is 11.4 Å². The summed E-state index contributed by atoms with van der Waals surface area (Å²) in [5, 5.41) is 3.49. The predicted molar refractivity (Wildman–Crippen MR) is 63.8 cm³/mol. The highest BCUT2D eigenvalue weighted by atomic mass is 16.5. The topological polar surface area (TPSA) is 47.0 Å². The standard InChI is InChI=1S/C12H19N3O/c1-4-16-11-9(2)10(13-8-14-11)15-12(3)6-5-7-12/h8H,4-7H2,1-3H3,(H,13,14,15). The highest BCUT2D eigenvalue weighted by Crippen LogP contribution is 2.35. The van der Waals surface area contributed by atoms with Crippen molar-refractivity contribution in [1.29, 1.82) is 0 Å². The first-order valence-electron chi connectivity index (χ1n) is 5.87. The van der Waals surface area contributed by atoms with Gasteiger partial charge in [-0.2, -0.15) is 0 Å². The quantitative estimate of drug-likeness (QED) is 0.848. The van der Waals surface area contributed by atoms with Crippen LogP contribution in [0.5, 0.6) is 5.88 Å². The molecule has 4 heteroatoms. The minimum atomic E-state index is 0.211. The van der Waals surface area contributed by atoms with Gasteiger partial charge in [-0.25, -0.2) is 9.97 Å². The molecule has 4 nitrogen and oxygen atoms in total. The lowest BCUT2D eigenvalue weighted by atomic mass is 9.78. The Balaban J connectivity index is 2.17. The molecule has 0 aliphatic heterocycles. The summed E-state index contributed by atoms with van der Waals surface area (Å²) in [6, 6.07) is 0. The Morgan fingerprint density at radius 3 is 2.75 bits per heavy atom. The molecule has 2 rings (SSSR count). The van der Waals surface area contributed by atoms with Gasteiger partial charge in [-0.05, 0) is 40.0 Å². The molecule has 1 aromatic heterocycles. The zero-order valence-electron chi connectivity index (χ0n) is 10.2. The third kappa shape index (κ3) is 2.10. The van der Waals surface area contributed by atoms with E-state index in [1.807, 2.05) is 13.8 Å². The van der Waals surface area contributed by atoms with Crippen LogP contribution in [-0.2, 0) is 0 Å². The van der Waals surface area contributed by atoms with Crippen molar-refractivity contribution in [3.8, 4) is 5.88 Å². The van der Waals surface area contributed by atoms with Crippen LogP contribution in [0.3, 0.4) is 0 Å². The van der Waals surface area contributed by atoms with Gasteiger partial charge in [0.2, 0.25) is 5.88 Å². The maximum atomic E-state index is 5.45. The molecule has 0 radical (unpaired) electrons. The number of ether oxygens (including phenoxy) is 1. The van der Waals surface area contributed by atoms with Crippen LogP contribution in [0.4, 0.5) is 5.82 Å². The number of anilines is 1. The fourth-order valence-electron chi connectivity index (χ4n) is 1.96. The first-order valence-corrected chi connectivity index (χ1v) is 5.87. The van der Waals surface area contributed by atoms with Gasteiger partial charge in [-0.3, -0.25) is 0 Å². The Bertz CT molecular complexity index is 375. The van der Waals surface area contributed by atoms with Gasteiger partial charge in [0.15, 0.2) is 0 Å². The number of aromatic nitrogens is 2. The number of nitrogens with one attached hydrogen (secondary N) is 1. The van der Waals surface area contributed by atoms with E-state index in [1.54, 1.807) is 6.33 Å². The van der Waals surface area contributed by atoms with E-state index in [2.05, 4.69) is 22.2 Å². The van der Waals surface area contributed by atoms with Crippen LogP contribution in [0.15, 0.2) is 6.33 Å². The summed E-state index contributed by atoms with van der Waals surface area (Å²) >= 11 is 0. The van der Waals surface area contributed by atoms with Crippen molar-refractivity contribution in [3.05, 3.63) is 11.9 Å². The second-order valence-electron chi connectivity index (χ2n) is 4.62. The molecule has 0 bridgehead atoms. The molecular formula is C12H19N3O. The van der Waals surface area contributed by atoms with Gasteiger partial charge in [0.1, 0.15) is 12.1 Å². The molecule has 1 saturated carbocycles. The molecular weight excluding hydrogens is 202 g/mol. The highest BCUT2D eigenvalue weighted by molar-refractivity contribution is 5.49. The maximum absolute atomic E-state index is 5.45. The molecule has 1 aliphatic rings. The van der Waals surface area contributed by atoms with Crippen LogP contribution in [-0.4, -0.2) is 22.1 Å². The SMILES string of the molecule is CCOc1ncnc(NC2(C)CCC2)c1C. The van der Waals surface area contributed by atoms with E-state index >= 15 is 0 Å². The minimum Gasteiger partial charge on any atom is -0.478 e. The fourth-order valence-corrected chi connectivity index (χ4v) is 1.96. The van der Waals surface area contributed by atoms with Crippen LogP contribution in [0.25, 0.3) is 0 Å². The number of nitrogens with zero attached hydrogens (tertiary/aromatic N) is 2. The highest BCUT2D eigenvalue weighted by Gasteiger charge is 2.32. The van der Waals surface area contributed by atoms with E-state index in [4.69, 9.17) is 4.74 Å². The van der Waals surface area contributed by atoms with E-state index in [1.165, 1.54) is 19.3 Å². The Morgan fingerprint density at radius 1 is 1.44 bits per heavy atom. The predicted octanol–water partition coefficient (Wildman–Crippen LogP) is 2.54. The first kappa shape index (κ1) is 11.2. The Labute approximate surface area is 96.4 Å². The Hall–Kier alpha value is -1.32. The molecule has 1 aliphatic carbocycles.